The molecule has 0 fully saturated rings. The highest BCUT2D eigenvalue weighted by atomic mass is 16.5. The van der Waals surface area contributed by atoms with Gasteiger partial charge < -0.3 is 9.84 Å². The van der Waals surface area contributed by atoms with Crippen LogP contribution >= 0.6 is 0 Å². The van der Waals surface area contributed by atoms with Crippen molar-refractivity contribution in [2.45, 2.75) is 46.6 Å². The van der Waals surface area contributed by atoms with Gasteiger partial charge in [-0.05, 0) is 19.4 Å². The molecule has 4 nitrogen and oxygen atoms in total. The van der Waals surface area contributed by atoms with Crippen molar-refractivity contribution < 1.29 is 4.52 Å². The van der Waals surface area contributed by atoms with Crippen LogP contribution in [0.4, 0.5) is 0 Å². The van der Waals surface area contributed by atoms with E-state index in [9.17, 15) is 0 Å². The predicted molar refractivity (Wildman–Crippen MR) is 79.9 cm³/mol. The Morgan fingerprint density at radius 1 is 1.15 bits per heavy atom. The average Bonchev–Trinajstić information content (AvgIpc) is 2.74. The van der Waals surface area contributed by atoms with Crippen LogP contribution in [0.1, 0.15) is 42.3 Å². The Balaban J connectivity index is 1.95. The van der Waals surface area contributed by atoms with Gasteiger partial charge in [0.25, 0.3) is 0 Å². The first-order valence-corrected chi connectivity index (χ1v) is 7.15. The van der Waals surface area contributed by atoms with Crippen LogP contribution in [0.5, 0.6) is 0 Å². The quantitative estimate of drug-likeness (QED) is 0.879. The van der Waals surface area contributed by atoms with Crippen LogP contribution in [-0.2, 0) is 12.8 Å². The Kier molecular flexibility index (Phi) is 4.90. The van der Waals surface area contributed by atoms with Gasteiger partial charge in [0.15, 0.2) is 5.82 Å². The third-order valence-electron chi connectivity index (χ3n) is 3.05. The molecule has 1 N–H and O–H groups in total. The van der Waals surface area contributed by atoms with Crippen LogP contribution in [0.15, 0.2) is 22.7 Å². The van der Waals surface area contributed by atoms with E-state index in [0.29, 0.717) is 11.9 Å². The third-order valence-corrected chi connectivity index (χ3v) is 3.05. The highest BCUT2D eigenvalue weighted by molar-refractivity contribution is 5.30. The molecular weight excluding hydrogens is 250 g/mol. The second-order valence-electron chi connectivity index (χ2n) is 5.64. The first kappa shape index (κ1) is 14.7. The zero-order valence-corrected chi connectivity index (χ0v) is 12.7. The first-order chi connectivity index (χ1) is 9.52. The van der Waals surface area contributed by atoms with Crippen LogP contribution in [0, 0.1) is 13.8 Å². The van der Waals surface area contributed by atoms with Gasteiger partial charge in [-0.1, -0.05) is 48.3 Å². The largest absolute Gasteiger partial charge is 0.339 e. The Bertz CT molecular complexity index is 540. The molecule has 0 saturated heterocycles. The molecule has 0 aliphatic rings. The van der Waals surface area contributed by atoms with Gasteiger partial charge in [0.1, 0.15) is 0 Å². The van der Waals surface area contributed by atoms with E-state index in [4.69, 9.17) is 4.52 Å². The second-order valence-corrected chi connectivity index (χ2v) is 5.64. The molecule has 4 heteroatoms. The summed E-state index contributed by atoms with van der Waals surface area (Å²) in [7, 11) is 0. The molecule has 0 bridgehead atoms. The molecular formula is C16H23N3O. The zero-order valence-electron chi connectivity index (χ0n) is 12.7. The minimum atomic E-state index is 0.479. The maximum absolute atomic E-state index is 5.28. The summed E-state index contributed by atoms with van der Waals surface area (Å²) < 4.78 is 5.28. The summed E-state index contributed by atoms with van der Waals surface area (Å²) >= 11 is 0. The van der Waals surface area contributed by atoms with Gasteiger partial charge >= 0.3 is 0 Å². The Morgan fingerprint density at radius 3 is 2.50 bits per heavy atom. The lowest BCUT2D eigenvalue weighted by Gasteiger charge is -2.04. The van der Waals surface area contributed by atoms with Crippen molar-refractivity contribution in [3.05, 3.63) is 46.6 Å². The van der Waals surface area contributed by atoms with Crippen LogP contribution in [0.25, 0.3) is 0 Å². The summed E-state index contributed by atoms with van der Waals surface area (Å²) in [6.07, 6.45) is 1.50. The standard InChI is InChI=1S/C16H23N3O/c1-11(2)17-6-5-16-18-15(19-20-16)10-14-8-12(3)7-13(4)9-14/h7-9,11,17H,5-6,10H2,1-4H3. The molecule has 0 saturated carbocycles. The lowest BCUT2D eigenvalue weighted by molar-refractivity contribution is 0.369. The van der Waals surface area contributed by atoms with E-state index < -0.39 is 0 Å². The molecule has 1 heterocycles. The summed E-state index contributed by atoms with van der Waals surface area (Å²) in [6.45, 7) is 9.33. The van der Waals surface area contributed by atoms with Crippen molar-refractivity contribution in [1.29, 1.82) is 0 Å². The number of benzene rings is 1. The number of nitrogens with zero attached hydrogens (tertiary/aromatic N) is 2. The van der Waals surface area contributed by atoms with E-state index in [1.807, 2.05) is 0 Å². The second kappa shape index (κ2) is 6.66. The van der Waals surface area contributed by atoms with Gasteiger partial charge in [-0.25, -0.2) is 0 Å². The number of rotatable bonds is 6. The molecule has 0 unspecified atom stereocenters. The number of nitrogens with one attached hydrogen (secondary N) is 1. The number of hydrogen-bond acceptors (Lipinski definition) is 4. The van der Waals surface area contributed by atoms with Crippen molar-refractivity contribution in [2.75, 3.05) is 6.54 Å². The Labute approximate surface area is 120 Å². The van der Waals surface area contributed by atoms with Crippen LogP contribution in [0.2, 0.25) is 0 Å². The summed E-state index contributed by atoms with van der Waals surface area (Å²) in [5, 5.41) is 7.39. The Hall–Kier alpha value is -1.68. The van der Waals surface area contributed by atoms with Gasteiger partial charge in [-0.15, -0.1) is 0 Å². The minimum Gasteiger partial charge on any atom is -0.339 e. The monoisotopic (exact) mass is 273 g/mol. The van der Waals surface area contributed by atoms with Gasteiger partial charge in [0, 0.05) is 25.4 Å². The smallest absolute Gasteiger partial charge is 0.227 e. The number of hydrogen-bond donors (Lipinski definition) is 1. The van der Waals surface area contributed by atoms with Crippen LogP contribution < -0.4 is 5.32 Å². The fraction of sp³-hybridized carbons (Fsp3) is 0.500. The van der Waals surface area contributed by atoms with Crippen molar-refractivity contribution in [1.82, 2.24) is 15.5 Å². The fourth-order valence-corrected chi connectivity index (χ4v) is 2.28. The van der Waals surface area contributed by atoms with E-state index in [1.54, 1.807) is 0 Å². The molecule has 108 valence electrons. The molecule has 1 aromatic heterocycles. The molecule has 0 aliphatic heterocycles. The van der Waals surface area contributed by atoms with Crippen molar-refractivity contribution >= 4 is 0 Å². The van der Waals surface area contributed by atoms with Gasteiger partial charge in [-0.3, -0.25) is 0 Å². The lowest BCUT2D eigenvalue weighted by Crippen LogP contribution is -2.25. The lowest BCUT2D eigenvalue weighted by atomic mass is 10.1. The maximum Gasteiger partial charge on any atom is 0.227 e. The molecule has 2 aromatic rings. The molecule has 0 atom stereocenters. The topological polar surface area (TPSA) is 51.0 Å². The van der Waals surface area contributed by atoms with Crippen molar-refractivity contribution in [3.8, 4) is 0 Å². The molecule has 2 rings (SSSR count). The van der Waals surface area contributed by atoms with Gasteiger partial charge in [-0.2, -0.15) is 4.98 Å². The molecule has 1 aromatic carbocycles. The average molecular weight is 273 g/mol. The summed E-state index contributed by atoms with van der Waals surface area (Å²) in [4.78, 5) is 4.44. The highest BCUT2D eigenvalue weighted by Crippen LogP contribution is 2.12. The van der Waals surface area contributed by atoms with Crippen LogP contribution in [-0.4, -0.2) is 22.7 Å². The van der Waals surface area contributed by atoms with E-state index in [-0.39, 0.29) is 0 Å². The molecule has 0 amide bonds. The van der Waals surface area contributed by atoms with E-state index >= 15 is 0 Å². The summed E-state index contributed by atoms with van der Waals surface area (Å²) in [5.74, 6) is 1.46. The third kappa shape index (κ3) is 4.46. The van der Waals surface area contributed by atoms with Crippen molar-refractivity contribution in [2.24, 2.45) is 0 Å². The molecule has 0 aliphatic carbocycles. The number of aryl methyl sites for hydroxylation is 2. The summed E-state index contributed by atoms with van der Waals surface area (Å²) in [5.41, 5.74) is 3.77. The number of aromatic nitrogens is 2. The highest BCUT2D eigenvalue weighted by Gasteiger charge is 2.07. The molecule has 0 radical (unpaired) electrons. The zero-order chi connectivity index (χ0) is 14.5. The first-order valence-electron chi connectivity index (χ1n) is 7.15. The van der Waals surface area contributed by atoms with Crippen molar-refractivity contribution in [3.63, 3.8) is 0 Å². The maximum atomic E-state index is 5.28. The predicted octanol–water partition coefficient (Wildman–Crippen LogP) is 2.82. The SMILES string of the molecule is Cc1cc(C)cc(Cc2noc(CCNC(C)C)n2)c1. The summed E-state index contributed by atoms with van der Waals surface area (Å²) in [6, 6.07) is 6.99. The van der Waals surface area contributed by atoms with Gasteiger partial charge in [0.2, 0.25) is 5.89 Å². The molecule has 20 heavy (non-hydrogen) atoms. The normalized spacial score (nSPS) is 11.2. The van der Waals surface area contributed by atoms with Crippen LogP contribution in [0.3, 0.4) is 0 Å². The van der Waals surface area contributed by atoms with Gasteiger partial charge in [0.05, 0.1) is 0 Å². The molecule has 0 spiro atoms. The fourth-order valence-electron chi connectivity index (χ4n) is 2.28. The van der Waals surface area contributed by atoms with E-state index in [1.165, 1.54) is 16.7 Å². The Morgan fingerprint density at radius 2 is 1.85 bits per heavy atom. The van der Waals surface area contributed by atoms with E-state index in [2.05, 4.69) is 61.4 Å². The minimum absolute atomic E-state index is 0.479. The van der Waals surface area contributed by atoms with E-state index in [0.717, 1.165) is 25.2 Å².